The first kappa shape index (κ1) is 13.6. The van der Waals surface area contributed by atoms with Gasteiger partial charge in [-0.05, 0) is 44.2 Å². The molecule has 3 aromatic rings. The molecule has 1 heterocycles. The summed E-state index contributed by atoms with van der Waals surface area (Å²) in [5.74, 6) is 0.408. The predicted octanol–water partition coefficient (Wildman–Crippen LogP) is 4.67. The van der Waals surface area contributed by atoms with Crippen LogP contribution in [-0.2, 0) is 0 Å². The SMILES string of the molecule is COc1cc2ccc(F)cc2nc1-c1cc(C)cc(C)c1. The molecule has 3 rings (SSSR count). The van der Waals surface area contributed by atoms with Gasteiger partial charge in [0.1, 0.15) is 17.3 Å². The highest BCUT2D eigenvalue weighted by atomic mass is 19.1. The maximum Gasteiger partial charge on any atom is 0.145 e. The quantitative estimate of drug-likeness (QED) is 0.681. The Morgan fingerprint density at radius 3 is 2.33 bits per heavy atom. The van der Waals surface area contributed by atoms with Gasteiger partial charge in [0.2, 0.25) is 0 Å². The summed E-state index contributed by atoms with van der Waals surface area (Å²) < 4.78 is 18.9. The minimum absolute atomic E-state index is 0.286. The normalized spacial score (nSPS) is 10.9. The second-order valence-corrected chi connectivity index (χ2v) is 5.25. The number of rotatable bonds is 2. The summed E-state index contributed by atoms with van der Waals surface area (Å²) in [6.07, 6.45) is 0. The molecule has 0 N–H and O–H groups in total. The van der Waals surface area contributed by atoms with Crippen LogP contribution >= 0.6 is 0 Å². The van der Waals surface area contributed by atoms with Crippen LogP contribution in [0.3, 0.4) is 0 Å². The number of halogens is 1. The molecule has 0 amide bonds. The number of fused-ring (bicyclic) bond motifs is 1. The Hall–Kier alpha value is -2.42. The Balaban J connectivity index is 2.29. The van der Waals surface area contributed by atoms with Gasteiger partial charge in [-0.15, -0.1) is 0 Å². The largest absolute Gasteiger partial charge is 0.494 e. The molecule has 0 spiro atoms. The van der Waals surface area contributed by atoms with E-state index >= 15 is 0 Å². The summed E-state index contributed by atoms with van der Waals surface area (Å²) >= 11 is 0. The third-order valence-corrected chi connectivity index (χ3v) is 3.46. The molecular weight excluding hydrogens is 265 g/mol. The molecule has 0 radical (unpaired) electrons. The first-order valence-corrected chi connectivity index (χ1v) is 6.80. The van der Waals surface area contributed by atoms with Crippen molar-refractivity contribution >= 4 is 10.9 Å². The minimum Gasteiger partial charge on any atom is -0.494 e. The second kappa shape index (κ2) is 5.17. The van der Waals surface area contributed by atoms with Gasteiger partial charge in [0, 0.05) is 17.0 Å². The van der Waals surface area contributed by atoms with Crippen molar-refractivity contribution in [1.82, 2.24) is 4.98 Å². The molecule has 21 heavy (non-hydrogen) atoms. The van der Waals surface area contributed by atoms with Crippen molar-refractivity contribution in [3.05, 3.63) is 59.4 Å². The van der Waals surface area contributed by atoms with Crippen LogP contribution in [0.1, 0.15) is 11.1 Å². The van der Waals surface area contributed by atoms with E-state index in [0.717, 1.165) is 27.8 Å². The highest BCUT2D eigenvalue weighted by molar-refractivity contribution is 5.85. The van der Waals surface area contributed by atoms with Gasteiger partial charge in [-0.1, -0.05) is 17.2 Å². The van der Waals surface area contributed by atoms with Crippen LogP contribution in [0.5, 0.6) is 5.75 Å². The van der Waals surface area contributed by atoms with E-state index in [1.165, 1.54) is 12.1 Å². The van der Waals surface area contributed by atoms with Crippen LogP contribution in [0.15, 0.2) is 42.5 Å². The van der Waals surface area contributed by atoms with Crippen LogP contribution in [-0.4, -0.2) is 12.1 Å². The minimum atomic E-state index is -0.286. The van der Waals surface area contributed by atoms with E-state index in [1.807, 2.05) is 19.9 Å². The maximum atomic E-state index is 13.4. The molecule has 0 bridgehead atoms. The third kappa shape index (κ3) is 2.59. The van der Waals surface area contributed by atoms with Crippen molar-refractivity contribution in [2.24, 2.45) is 0 Å². The monoisotopic (exact) mass is 281 g/mol. The lowest BCUT2D eigenvalue weighted by Gasteiger charge is -2.11. The standard InChI is InChI=1S/C18H16FNO/c1-11-6-12(2)8-14(7-11)18-17(21-3)9-13-4-5-15(19)10-16(13)20-18/h4-10H,1-3H3. The average molecular weight is 281 g/mol. The fraction of sp³-hybridized carbons (Fsp3) is 0.167. The van der Waals surface area contributed by atoms with Crippen LogP contribution in [0, 0.1) is 19.7 Å². The molecule has 0 atom stereocenters. The molecule has 0 aliphatic rings. The van der Waals surface area contributed by atoms with Crippen molar-refractivity contribution in [2.45, 2.75) is 13.8 Å². The summed E-state index contributed by atoms with van der Waals surface area (Å²) in [7, 11) is 1.62. The summed E-state index contributed by atoms with van der Waals surface area (Å²) in [5.41, 5.74) is 4.67. The molecule has 3 heteroatoms. The zero-order chi connectivity index (χ0) is 15.0. The van der Waals surface area contributed by atoms with Gasteiger partial charge in [0.15, 0.2) is 0 Å². The van der Waals surface area contributed by atoms with Gasteiger partial charge in [0.25, 0.3) is 0 Å². The molecule has 0 saturated carbocycles. The average Bonchev–Trinajstić information content (AvgIpc) is 2.44. The Morgan fingerprint density at radius 2 is 1.67 bits per heavy atom. The van der Waals surface area contributed by atoms with Crippen molar-refractivity contribution in [3.63, 3.8) is 0 Å². The van der Waals surface area contributed by atoms with E-state index in [1.54, 1.807) is 13.2 Å². The number of aryl methyl sites for hydroxylation is 2. The highest BCUT2D eigenvalue weighted by Gasteiger charge is 2.11. The Morgan fingerprint density at radius 1 is 0.952 bits per heavy atom. The van der Waals surface area contributed by atoms with E-state index in [9.17, 15) is 4.39 Å². The van der Waals surface area contributed by atoms with Crippen LogP contribution in [0.2, 0.25) is 0 Å². The number of nitrogens with zero attached hydrogens (tertiary/aromatic N) is 1. The molecular formula is C18H16FNO. The number of aromatic nitrogens is 1. The number of ether oxygens (including phenoxy) is 1. The zero-order valence-electron chi connectivity index (χ0n) is 12.3. The van der Waals surface area contributed by atoms with Crippen molar-refractivity contribution in [2.75, 3.05) is 7.11 Å². The summed E-state index contributed by atoms with van der Waals surface area (Å²) in [6, 6.07) is 12.7. The van der Waals surface area contributed by atoms with E-state index in [4.69, 9.17) is 4.74 Å². The van der Waals surface area contributed by atoms with Crippen LogP contribution in [0.4, 0.5) is 4.39 Å². The van der Waals surface area contributed by atoms with E-state index in [-0.39, 0.29) is 5.82 Å². The third-order valence-electron chi connectivity index (χ3n) is 3.46. The molecule has 0 unspecified atom stereocenters. The topological polar surface area (TPSA) is 22.1 Å². The van der Waals surface area contributed by atoms with Gasteiger partial charge in [0.05, 0.1) is 12.6 Å². The lowest BCUT2D eigenvalue weighted by atomic mass is 10.0. The fourth-order valence-electron chi connectivity index (χ4n) is 2.59. The van der Waals surface area contributed by atoms with Crippen LogP contribution < -0.4 is 4.74 Å². The van der Waals surface area contributed by atoms with E-state index in [0.29, 0.717) is 11.3 Å². The van der Waals surface area contributed by atoms with Gasteiger partial charge in [-0.25, -0.2) is 9.37 Å². The first-order valence-electron chi connectivity index (χ1n) is 6.80. The fourth-order valence-corrected chi connectivity index (χ4v) is 2.59. The lowest BCUT2D eigenvalue weighted by Crippen LogP contribution is -1.94. The number of benzene rings is 2. The Labute approximate surface area is 123 Å². The summed E-state index contributed by atoms with van der Waals surface area (Å²) in [5, 5.41) is 0.862. The number of methoxy groups -OCH3 is 1. The number of hydrogen-bond acceptors (Lipinski definition) is 2. The second-order valence-electron chi connectivity index (χ2n) is 5.25. The molecule has 0 saturated heterocycles. The Bertz CT molecular complexity index is 807. The van der Waals surface area contributed by atoms with Gasteiger partial charge < -0.3 is 4.74 Å². The van der Waals surface area contributed by atoms with E-state index < -0.39 is 0 Å². The molecule has 2 aromatic carbocycles. The van der Waals surface area contributed by atoms with Crippen molar-refractivity contribution in [1.29, 1.82) is 0 Å². The lowest BCUT2D eigenvalue weighted by molar-refractivity contribution is 0.415. The zero-order valence-corrected chi connectivity index (χ0v) is 12.3. The van der Waals surface area contributed by atoms with Crippen molar-refractivity contribution < 1.29 is 9.13 Å². The van der Waals surface area contributed by atoms with E-state index in [2.05, 4.69) is 23.2 Å². The molecule has 0 fully saturated rings. The molecule has 1 aromatic heterocycles. The molecule has 2 nitrogen and oxygen atoms in total. The van der Waals surface area contributed by atoms with Gasteiger partial charge >= 0.3 is 0 Å². The van der Waals surface area contributed by atoms with Gasteiger partial charge in [-0.2, -0.15) is 0 Å². The molecule has 0 aliphatic heterocycles. The predicted molar refractivity (Wildman–Crippen MR) is 83.2 cm³/mol. The summed E-state index contributed by atoms with van der Waals surface area (Å²) in [4.78, 5) is 4.59. The first-order chi connectivity index (χ1) is 10.1. The van der Waals surface area contributed by atoms with Crippen molar-refractivity contribution in [3.8, 4) is 17.0 Å². The summed E-state index contributed by atoms with van der Waals surface area (Å²) in [6.45, 7) is 4.09. The number of pyridine rings is 1. The Kier molecular flexibility index (Phi) is 3.34. The molecule has 0 aliphatic carbocycles. The van der Waals surface area contributed by atoms with Crippen LogP contribution in [0.25, 0.3) is 22.2 Å². The maximum absolute atomic E-state index is 13.4. The van der Waals surface area contributed by atoms with Gasteiger partial charge in [-0.3, -0.25) is 0 Å². The highest BCUT2D eigenvalue weighted by Crippen LogP contribution is 2.32. The molecule has 106 valence electrons. The number of hydrogen-bond donors (Lipinski definition) is 0. The smallest absolute Gasteiger partial charge is 0.145 e.